The molecule has 0 spiro atoms. The average molecular weight is 373 g/mol. The largest absolute Gasteiger partial charge is 0.337 e. The second-order valence-corrected chi connectivity index (χ2v) is 6.85. The number of aromatic nitrogens is 5. The molecule has 3 aromatic rings. The average Bonchev–Trinajstić information content (AvgIpc) is 3.38. The number of hydrogen-bond acceptors (Lipinski definition) is 6. The number of halogens is 1. The van der Waals surface area contributed by atoms with Crippen molar-refractivity contribution in [2.45, 2.75) is 38.8 Å². The van der Waals surface area contributed by atoms with Crippen molar-refractivity contribution >= 4 is 11.6 Å². The Morgan fingerprint density at radius 2 is 2.23 bits per heavy atom. The maximum atomic E-state index is 6.46. The highest BCUT2D eigenvalue weighted by molar-refractivity contribution is 6.30. The van der Waals surface area contributed by atoms with Gasteiger partial charge in [0.25, 0.3) is 0 Å². The van der Waals surface area contributed by atoms with Crippen LogP contribution < -0.4 is 0 Å². The number of hydrogen-bond donors (Lipinski definition) is 0. The number of rotatable bonds is 5. The Balaban J connectivity index is 1.57. The van der Waals surface area contributed by atoms with E-state index in [-0.39, 0.29) is 6.04 Å². The van der Waals surface area contributed by atoms with Gasteiger partial charge in [0.1, 0.15) is 10.8 Å². The third-order valence-electron chi connectivity index (χ3n) is 4.83. The Morgan fingerprint density at radius 1 is 1.35 bits per heavy atom. The van der Waals surface area contributed by atoms with E-state index in [4.69, 9.17) is 16.1 Å². The van der Waals surface area contributed by atoms with Crippen molar-refractivity contribution in [3.05, 3.63) is 46.7 Å². The Bertz CT molecular complexity index is 890. The third kappa shape index (κ3) is 3.12. The van der Waals surface area contributed by atoms with E-state index in [1.165, 1.54) is 0 Å². The predicted octanol–water partition coefficient (Wildman–Crippen LogP) is 3.42. The number of pyridine rings is 1. The van der Waals surface area contributed by atoms with Crippen LogP contribution in [0.4, 0.5) is 0 Å². The van der Waals surface area contributed by atoms with E-state index < -0.39 is 0 Å². The molecule has 1 saturated heterocycles. The van der Waals surface area contributed by atoms with Gasteiger partial charge in [-0.25, -0.2) is 0 Å². The summed E-state index contributed by atoms with van der Waals surface area (Å²) < 4.78 is 7.31. The summed E-state index contributed by atoms with van der Waals surface area (Å²) in [5, 5.41) is 9.32. The van der Waals surface area contributed by atoms with E-state index in [2.05, 4.69) is 32.0 Å². The van der Waals surface area contributed by atoms with E-state index in [0.717, 1.165) is 49.3 Å². The maximum Gasteiger partial charge on any atom is 0.244 e. The summed E-state index contributed by atoms with van der Waals surface area (Å²) in [5.41, 5.74) is 2.85. The summed E-state index contributed by atoms with van der Waals surface area (Å²) in [5.74, 6) is 1.17. The molecule has 4 heterocycles. The Hall–Kier alpha value is -2.25. The first kappa shape index (κ1) is 17.2. The van der Waals surface area contributed by atoms with E-state index in [1.807, 2.05) is 25.2 Å². The monoisotopic (exact) mass is 372 g/mol. The lowest BCUT2D eigenvalue weighted by Gasteiger charge is -2.21. The predicted molar refractivity (Wildman–Crippen MR) is 97.5 cm³/mol. The van der Waals surface area contributed by atoms with Crippen LogP contribution in [0.3, 0.4) is 0 Å². The van der Waals surface area contributed by atoms with Crippen molar-refractivity contribution in [3.63, 3.8) is 0 Å². The van der Waals surface area contributed by atoms with Crippen molar-refractivity contribution < 1.29 is 4.52 Å². The molecule has 8 heteroatoms. The minimum absolute atomic E-state index is 0.0981. The molecule has 0 aliphatic carbocycles. The van der Waals surface area contributed by atoms with Crippen LogP contribution in [-0.2, 0) is 20.0 Å². The molecule has 3 aromatic heterocycles. The zero-order valence-corrected chi connectivity index (χ0v) is 15.6. The van der Waals surface area contributed by atoms with Crippen molar-refractivity contribution in [1.82, 2.24) is 29.8 Å². The Morgan fingerprint density at radius 3 is 3.00 bits per heavy atom. The van der Waals surface area contributed by atoms with Crippen molar-refractivity contribution in [1.29, 1.82) is 0 Å². The molecule has 136 valence electrons. The van der Waals surface area contributed by atoms with Crippen LogP contribution in [-0.4, -0.2) is 36.3 Å². The Kier molecular flexibility index (Phi) is 4.74. The molecule has 4 rings (SSSR count). The molecule has 1 aliphatic rings. The first-order valence-corrected chi connectivity index (χ1v) is 9.24. The Labute approximate surface area is 157 Å². The number of nitrogens with zero attached hydrogens (tertiary/aromatic N) is 6. The maximum absolute atomic E-state index is 6.46. The fourth-order valence-corrected chi connectivity index (χ4v) is 3.71. The molecule has 0 aromatic carbocycles. The van der Waals surface area contributed by atoms with E-state index in [0.29, 0.717) is 16.9 Å². The summed E-state index contributed by atoms with van der Waals surface area (Å²) in [7, 11) is 1.88. The highest BCUT2D eigenvalue weighted by atomic mass is 35.5. The molecular weight excluding hydrogens is 352 g/mol. The van der Waals surface area contributed by atoms with Crippen LogP contribution in [0.5, 0.6) is 0 Å². The quantitative estimate of drug-likeness (QED) is 0.683. The topological polar surface area (TPSA) is 72.9 Å². The summed E-state index contributed by atoms with van der Waals surface area (Å²) in [4.78, 5) is 11.2. The van der Waals surface area contributed by atoms with Crippen LogP contribution in [0.2, 0.25) is 5.15 Å². The van der Waals surface area contributed by atoms with Gasteiger partial charge in [-0.15, -0.1) is 0 Å². The second kappa shape index (κ2) is 7.17. The smallest absolute Gasteiger partial charge is 0.244 e. The molecule has 1 unspecified atom stereocenters. The van der Waals surface area contributed by atoms with Gasteiger partial charge in [-0.2, -0.15) is 10.1 Å². The van der Waals surface area contributed by atoms with E-state index in [9.17, 15) is 0 Å². The molecule has 0 bridgehead atoms. The van der Waals surface area contributed by atoms with Crippen LogP contribution in [0.1, 0.15) is 43.0 Å². The van der Waals surface area contributed by atoms with Gasteiger partial charge in [0.2, 0.25) is 11.7 Å². The second-order valence-electron chi connectivity index (χ2n) is 6.49. The van der Waals surface area contributed by atoms with E-state index in [1.54, 1.807) is 10.9 Å². The molecule has 0 amide bonds. The van der Waals surface area contributed by atoms with Crippen molar-refractivity contribution in [2.24, 2.45) is 7.05 Å². The van der Waals surface area contributed by atoms with Gasteiger partial charge in [-0.1, -0.05) is 29.7 Å². The third-order valence-corrected chi connectivity index (χ3v) is 5.31. The van der Waals surface area contributed by atoms with Crippen LogP contribution in [0.15, 0.2) is 28.9 Å². The van der Waals surface area contributed by atoms with Crippen LogP contribution >= 0.6 is 11.6 Å². The standard InChI is InChI=1S/C18H21ClN6O/c1-3-13-12(16(19)24(2)22-13)11-25-10-6-8-15(25)18-21-17(23-26-18)14-7-4-5-9-20-14/h4-5,7,9,15H,3,6,8,10-11H2,1-2H3. The van der Waals surface area contributed by atoms with Gasteiger partial charge in [0.05, 0.1) is 11.7 Å². The first-order chi connectivity index (χ1) is 12.7. The molecule has 0 N–H and O–H groups in total. The lowest BCUT2D eigenvalue weighted by molar-refractivity contribution is 0.200. The molecule has 0 saturated carbocycles. The molecule has 1 aliphatic heterocycles. The van der Waals surface area contributed by atoms with Gasteiger partial charge in [-0.3, -0.25) is 14.6 Å². The normalized spacial score (nSPS) is 17.9. The SMILES string of the molecule is CCc1nn(C)c(Cl)c1CN1CCCC1c1nc(-c2ccccn2)no1. The van der Waals surface area contributed by atoms with Crippen molar-refractivity contribution in [3.8, 4) is 11.5 Å². The number of likely N-dealkylation sites (tertiary alicyclic amines) is 1. The zero-order chi connectivity index (χ0) is 18.1. The molecule has 1 atom stereocenters. The van der Waals surface area contributed by atoms with E-state index >= 15 is 0 Å². The summed E-state index contributed by atoms with van der Waals surface area (Å²) >= 11 is 6.46. The van der Waals surface area contributed by atoms with Crippen LogP contribution in [0.25, 0.3) is 11.5 Å². The summed E-state index contributed by atoms with van der Waals surface area (Å²) in [6, 6.07) is 5.76. The summed E-state index contributed by atoms with van der Waals surface area (Å²) in [6.45, 7) is 3.81. The fourth-order valence-electron chi connectivity index (χ4n) is 3.51. The summed E-state index contributed by atoms with van der Waals surface area (Å²) in [6.07, 6.45) is 4.66. The molecule has 26 heavy (non-hydrogen) atoms. The molecule has 1 fully saturated rings. The highest BCUT2D eigenvalue weighted by Gasteiger charge is 2.32. The molecule has 7 nitrogen and oxygen atoms in total. The van der Waals surface area contributed by atoms with Crippen molar-refractivity contribution in [2.75, 3.05) is 6.54 Å². The minimum atomic E-state index is 0.0981. The first-order valence-electron chi connectivity index (χ1n) is 8.86. The lowest BCUT2D eigenvalue weighted by atomic mass is 10.1. The molecular formula is C18H21ClN6O. The minimum Gasteiger partial charge on any atom is -0.337 e. The van der Waals surface area contributed by atoms with Gasteiger partial charge in [-0.05, 0) is 37.9 Å². The fraction of sp³-hybridized carbons (Fsp3) is 0.444. The lowest BCUT2D eigenvalue weighted by Crippen LogP contribution is -2.23. The van der Waals surface area contributed by atoms with Gasteiger partial charge >= 0.3 is 0 Å². The highest BCUT2D eigenvalue weighted by Crippen LogP contribution is 2.34. The van der Waals surface area contributed by atoms with Gasteiger partial charge in [0.15, 0.2) is 0 Å². The van der Waals surface area contributed by atoms with Gasteiger partial charge < -0.3 is 4.52 Å². The molecule has 0 radical (unpaired) electrons. The van der Waals surface area contributed by atoms with Crippen LogP contribution in [0, 0.1) is 0 Å². The van der Waals surface area contributed by atoms with Gasteiger partial charge in [0, 0.05) is 25.4 Å². The number of aryl methyl sites for hydroxylation is 2. The zero-order valence-electron chi connectivity index (χ0n) is 14.9.